The maximum atomic E-state index is 12.3. The molecule has 0 saturated carbocycles. The van der Waals surface area contributed by atoms with Crippen LogP contribution in [0, 0.1) is 0 Å². The minimum Gasteiger partial charge on any atom is -0.462 e. The van der Waals surface area contributed by atoms with E-state index in [-0.39, 0.29) is 25.2 Å². The van der Waals surface area contributed by atoms with Gasteiger partial charge < -0.3 is 14.6 Å². The number of aliphatic hydroxyl groups is 1. The van der Waals surface area contributed by atoms with Gasteiger partial charge in [0.05, 0.1) is 6.61 Å². The zero-order chi connectivity index (χ0) is 46.3. The van der Waals surface area contributed by atoms with Crippen LogP contribution in [0.25, 0.3) is 0 Å². The van der Waals surface area contributed by atoms with Crippen molar-refractivity contribution in [3.63, 3.8) is 0 Å². The quantitative estimate of drug-likeness (QED) is 0.0374. The third-order valence-electron chi connectivity index (χ3n) is 13.6. The van der Waals surface area contributed by atoms with Crippen molar-refractivity contribution in [2.45, 2.75) is 341 Å². The molecule has 380 valence electrons. The third kappa shape index (κ3) is 53.3. The second-order valence-corrected chi connectivity index (χ2v) is 20.1. The van der Waals surface area contributed by atoms with E-state index in [2.05, 4.69) is 26.0 Å². The first kappa shape index (κ1) is 62.6. The van der Waals surface area contributed by atoms with Gasteiger partial charge in [-0.1, -0.05) is 296 Å². The van der Waals surface area contributed by atoms with Gasteiger partial charge in [0, 0.05) is 12.8 Å². The Kier molecular flexibility index (Phi) is 54.8. The van der Waals surface area contributed by atoms with Gasteiger partial charge in [-0.25, -0.2) is 0 Å². The van der Waals surface area contributed by atoms with E-state index < -0.39 is 6.10 Å². The number of unbranched alkanes of at least 4 members (excludes halogenated alkanes) is 45. The maximum Gasteiger partial charge on any atom is 0.306 e. The molecule has 0 heterocycles. The van der Waals surface area contributed by atoms with E-state index in [4.69, 9.17) is 9.47 Å². The Labute approximate surface area is 401 Å². The van der Waals surface area contributed by atoms with Crippen LogP contribution in [0.5, 0.6) is 0 Å². The zero-order valence-electron chi connectivity index (χ0n) is 43.6. The van der Waals surface area contributed by atoms with Crippen LogP contribution in [0.4, 0.5) is 0 Å². The number of hydrogen-bond acceptors (Lipinski definition) is 5. The molecular weight excluding hydrogens is 789 g/mol. The van der Waals surface area contributed by atoms with Gasteiger partial charge >= 0.3 is 11.9 Å². The molecule has 0 aromatic rings. The van der Waals surface area contributed by atoms with Crippen LogP contribution in [-0.2, 0) is 19.1 Å². The van der Waals surface area contributed by atoms with E-state index in [1.54, 1.807) is 0 Å². The SMILES string of the molecule is CCCCCCCCCC/C=C\CCCCCCCCCCCCCCCCCCCCCCCCCCCC(=O)OC(CO)COC(=O)CCCCCCCCCCCCCCC. The number of carbonyl (C=O) groups excluding carboxylic acids is 2. The fraction of sp³-hybridized carbons (Fsp3) is 0.932. The Hall–Kier alpha value is -1.36. The minimum absolute atomic E-state index is 0.0573. The van der Waals surface area contributed by atoms with Gasteiger partial charge in [0.15, 0.2) is 6.10 Å². The lowest BCUT2D eigenvalue weighted by Crippen LogP contribution is -2.28. The van der Waals surface area contributed by atoms with E-state index in [0.29, 0.717) is 12.8 Å². The predicted octanol–water partition coefficient (Wildman–Crippen LogP) is 19.5. The highest BCUT2D eigenvalue weighted by Gasteiger charge is 2.16. The van der Waals surface area contributed by atoms with Gasteiger partial charge in [-0.2, -0.15) is 0 Å². The summed E-state index contributed by atoms with van der Waals surface area (Å²) in [5, 5.41) is 9.62. The molecule has 64 heavy (non-hydrogen) atoms. The van der Waals surface area contributed by atoms with Crippen LogP contribution < -0.4 is 0 Å². The summed E-state index contributed by atoms with van der Waals surface area (Å²) in [6, 6.07) is 0. The molecule has 1 atom stereocenters. The molecule has 0 aliphatic rings. The van der Waals surface area contributed by atoms with Gasteiger partial charge in [-0.05, 0) is 38.5 Å². The first-order valence-electron chi connectivity index (χ1n) is 29.2. The van der Waals surface area contributed by atoms with E-state index >= 15 is 0 Å². The molecule has 5 nitrogen and oxygen atoms in total. The lowest BCUT2D eigenvalue weighted by molar-refractivity contribution is -0.161. The van der Waals surface area contributed by atoms with Gasteiger partial charge in [-0.15, -0.1) is 0 Å². The summed E-state index contributed by atoms with van der Waals surface area (Å²) in [4.78, 5) is 24.4. The number of ether oxygens (including phenoxy) is 2. The lowest BCUT2D eigenvalue weighted by atomic mass is 10.0. The molecule has 0 fully saturated rings. The molecule has 0 rings (SSSR count). The highest BCUT2D eigenvalue weighted by molar-refractivity contribution is 5.70. The van der Waals surface area contributed by atoms with Crippen molar-refractivity contribution in [1.82, 2.24) is 0 Å². The van der Waals surface area contributed by atoms with Crippen LogP contribution >= 0.6 is 0 Å². The standard InChI is InChI=1S/C59H114O5/c1-3-5-7-9-11-13-15-17-18-19-20-21-22-23-24-25-26-27-28-29-30-31-32-33-34-35-36-37-38-39-40-42-44-46-48-50-52-54-59(62)64-57(55-60)56-63-58(61)53-51-49-47-45-43-41-16-14-12-10-8-6-4-2/h19-20,57,60H,3-18,21-56H2,1-2H3/b20-19-. The second kappa shape index (κ2) is 56.0. The Morgan fingerprint density at radius 3 is 0.844 bits per heavy atom. The summed E-state index contributed by atoms with van der Waals surface area (Å²) in [6.07, 6.45) is 69.3. The Morgan fingerprint density at radius 1 is 0.344 bits per heavy atom. The molecule has 0 bridgehead atoms. The molecule has 1 unspecified atom stereocenters. The minimum atomic E-state index is -0.764. The topological polar surface area (TPSA) is 72.8 Å². The number of aliphatic hydroxyl groups excluding tert-OH is 1. The Morgan fingerprint density at radius 2 is 0.578 bits per heavy atom. The van der Waals surface area contributed by atoms with Crippen molar-refractivity contribution in [3.05, 3.63) is 12.2 Å². The number of rotatable bonds is 55. The van der Waals surface area contributed by atoms with Gasteiger partial charge in [0.2, 0.25) is 0 Å². The molecule has 0 aliphatic carbocycles. The summed E-state index contributed by atoms with van der Waals surface area (Å²) in [6.45, 7) is 4.18. The molecule has 5 heteroatoms. The molecule has 0 saturated heterocycles. The summed E-state index contributed by atoms with van der Waals surface area (Å²) in [5.41, 5.74) is 0. The summed E-state index contributed by atoms with van der Waals surface area (Å²) in [7, 11) is 0. The number of carbonyl (C=O) groups is 2. The summed E-state index contributed by atoms with van der Waals surface area (Å²) < 4.78 is 10.7. The van der Waals surface area contributed by atoms with Crippen LogP contribution in [0.3, 0.4) is 0 Å². The van der Waals surface area contributed by atoms with Crippen molar-refractivity contribution in [1.29, 1.82) is 0 Å². The van der Waals surface area contributed by atoms with Crippen LogP contribution in [-0.4, -0.2) is 36.4 Å². The summed E-state index contributed by atoms with van der Waals surface area (Å²) >= 11 is 0. The van der Waals surface area contributed by atoms with Gasteiger partial charge in [-0.3, -0.25) is 9.59 Å². The highest BCUT2D eigenvalue weighted by Crippen LogP contribution is 2.18. The maximum absolute atomic E-state index is 12.3. The zero-order valence-corrected chi connectivity index (χ0v) is 43.6. The number of allylic oxidation sites excluding steroid dienone is 2. The van der Waals surface area contributed by atoms with Crippen LogP contribution in [0.1, 0.15) is 335 Å². The predicted molar refractivity (Wildman–Crippen MR) is 279 cm³/mol. The van der Waals surface area contributed by atoms with Crippen molar-refractivity contribution < 1.29 is 24.2 Å². The van der Waals surface area contributed by atoms with Gasteiger partial charge in [0.1, 0.15) is 6.61 Å². The van der Waals surface area contributed by atoms with Crippen LogP contribution in [0.15, 0.2) is 12.2 Å². The largest absolute Gasteiger partial charge is 0.462 e. The molecule has 0 aliphatic heterocycles. The van der Waals surface area contributed by atoms with Gasteiger partial charge in [0.25, 0.3) is 0 Å². The molecule has 0 spiro atoms. The second-order valence-electron chi connectivity index (χ2n) is 20.1. The van der Waals surface area contributed by atoms with Crippen molar-refractivity contribution in [3.8, 4) is 0 Å². The molecule has 0 aromatic carbocycles. The lowest BCUT2D eigenvalue weighted by Gasteiger charge is -2.15. The van der Waals surface area contributed by atoms with Crippen molar-refractivity contribution in [2.24, 2.45) is 0 Å². The van der Waals surface area contributed by atoms with Crippen molar-refractivity contribution >= 4 is 11.9 Å². The molecule has 1 N–H and O–H groups in total. The van der Waals surface area contributed by atoms with Crippen molar-refractivity contribution in [2.75, 3.05) is 13.2 Å². The molecule has 0 amide bonds. The molecule has 0 radical (unpaired) electrons. The van der Waals surface area contributed by atoms with E-state index in [0.717, 1.165) is 32.1 Å². The number of hydrogen-bond donors (Lipinski definition) is 1. The van der Waals surface area contributed by atoms with Crippen LogP contribution in [0.2, 0.25) is 0 Å². The summed E-state index contributed by atoms with van der Waals surface area (Å²) in [5.74, 6) is -0.569. The molecular formula is C59H114O5. The first-order chi connectivity index (χ1) is 31.6. The average Bonchev–Trinajstić information content (AvgIpc) is 3.30. The third-order valence-corrected chi connectivity index (χ3v) is 13.6. The normalized spacial score (nSPS) is 12.1. The first-order valence-corrected chi connectivity index (χ1v) is 29.2. The molecule has 0 aromatic heterocycles. The van der Waals surface area contributed by atoms with E-state index in [9.17, 15) is 14.7 Å². The monoisotopic (exact) mass is 903 g/mol. The average molecular weight is 904 g/mol. The Bertz CT molecular complexity index is 932. The smallest absolute Gasteiger partial charge is 0.306 e. The number of esters is 2. The highest BCUT2D eigenvalue weighted by atomic mass is 16.6. The van der Waals surface area contributed by atoms with E-state index in [1.165, 1.54) is 276 Å². The van der Waals surface area contributed by atoms with E-state index in [1.807, 2.05) is 0 Å². The fourth-order valence-corrected chi connectivity index (χ4v) is 9.14. The fourth-order valence-electron chi connectivity index (χ4n) is 9.14. The Balaban J connectivity index is 3.34.